The summed E-state index contributed by atoms with van der Waals surface area (Å²) in [7, 11) is 0. The monoisotopic (exact) mass is 212 g/mol. The summed E-state index contributed by atoms with van der Waals surface area (Å²) >= 11 is 0. The Hall–Kier alpha value is -0.0800. The first-order chi connectivity index (χ1) is 7.04. The predicted octanol–water partition coefficient (Wildman–Crippen LogP) is 2.53. The molecule has 1 aliphatic rings. The van der Waals surface area contributed by atoms with E-state index in [1.165, 1.54) is 38.6 Å². The van der Waals surface area contributed by atoms with Crippen molar-refractivity contribution in [3.05, 3.63) is 0 Å². The SMILES string of the molecule is CC(C)(C)C(CCN)CCCNC1CC1. The van der Waals surface area contributed by atoms with Crippen molar-refractivity contribution in [3.8, 4) is 0 Å². The molecule has 3 N–H and O–H groups in total. The lowest BCUT2D eigenvalue weighted by Crippen LogP contribution is -2.25. The lowest BCUT2D eigenvalue weighted by Gasteiger charge is -2.30. The van der Waals surface area contributed by atoms with Gasteiger partial charge in [0, 0.05) is 6.04 Å². The summed E-state index contributed by atoms with van der Waals surface area (Å²) in [4.78, 5) is 0. The summed E-state index contributed by atoms with van der Waals surface area (Å²) in [6.07, 6.45) is 6.59. The molecule has 1 atom stereocenters. The molecule has 0 radical (unpaired) electrons. The topological polar surface area (TPSA) is 38.0 Å². The number of hydrogen-bond donors (Lipinski definition) is 2. The molecule has 0 aliphatic heterocycles. The highest BCUT2D eigenvalue weighted by atomic mass is 14.9. The standard InChI is InChI=1S/C13H28N2/c1-13(2,3)11(8-9-14)5-4-10-15-12-6-7-12/h11-12,15H,4-10,14H2,1-3H3. The summed E-state index contributed by atoms with van der Waals surface area (Å²) in [6.45, 7) is 9.03. The van der Waals surface area contributed by atoms with Crippen LogP contribution in [0.15, 0.2) is 0 Å². The first kappa shape index (κ1) is 13.0. The van der Waals surface area contributed by atoms with Crippen LogP contribution in [-0.2, 0) is 0 Å². The molecule has 0 aromatic heterocycles. The molecule has 0 spiro atoms. The van der Waals surface area contributed by atoms with Crippen molar-refractivity contribution >= 4 is 0 Å². The van der Waals surface area contributed by atoms with Crippen molar-refractivity contribution in [2.24, 2.45) is 17.1 Å². The molecule has 2 heteroatoms. The third-order valence-corrected chi connectivity index (χ3v) is 3.48. The van der Waals surface area contributed by atoms with Gasteiger partial charge in [0.25, 0.3) is 0 Å². The van der Waals surface area contributed by atoms with Gasteiger partial charge in [0.2, 0.25) is 0 Å². The van der Waals surface area contributed by atoms with Gasteiger partial charge < -0.3 is 11.1 Å². The molecule has 1 unspecified atom stereocenters. The van der Waals surface area contributed by atoms with E-state index in [4.69, 9.17) is 5.73 Å². The van der Waals surface area contributed by atoms with Gasteiger partial charge in [-0.2, -0.15) is 0 Å². The molecule has 15 heavy (non-hydrogen) atoms. The van der Waals surface area contributed by atoms with Gasteiger partial charge in [0.05, 0.1) is 0 Å². The highest BCUT2D eigenvalue weighted by Gasteiger charge is 2.24. The minimum absolute atomic E-state index is 0.416. The Labute approximate surface area is 95.0 Å². The molecule has 90 valence electrons. The second kappa shape index (κ2) is 5.86. The molecular formula is C13H28N2. The van der Waals surface area contributed by atoms with E-state index >= 15 is 0 Å². The predicted molar refractivity (Wildman–Crippen MR) is 66.9 cm³/mol. The Bertz CT molecular complexity index is 168. The molecule has 0 amide bonds. The van der Waals surface area contributed by atoms with Crippen LogP contribution in [-0.4, -0.2) is 19.1 Å². The van der Waals surface area contributed by atoms with Gasteiger partial charge in [-0.25, -0.2) is 0 Å². The maximum atomic E-state index is 5.67. The normalized spacial score (nSPS) is 19.2. The van der Waals surface area contributed by atoms with Crippen molar-refractivity contribution in [2.45, 2.75) is 58.9 Å². The van der Waals surface area contributed by atoms with Crippen molar-refractivity contribution in [3.63, 3.8) is 0 Å². The first-order valence-corrected chi connectivity index (χ1v) is 6.47. The van der Waals surface area contributed by atoms with Gasteiger partial charge in [-0.05, 0) is 56.5 Å². The Morgan fingerprint density at radius 1 is 1.27 bits per heavy atom. The molecule has 0 saturated heterocycles. The van der Waals surface area contributed by atoms with Crippen LogP contribution in [0.2, 0.25) is 0 Å². The van der Waals surface area contributed by atoms with Crippen LogP contribution >= 0.6 is 0 Å². The van der Waals surface area contributed by atoms with E-state index in [1.807, 2.05) is 0 Å². The van der Waals surface area contributed by atoms with Gasteiger partial charge in [-0.1, -0.05) is 20.8 Å². The maximum Gasteiger partial charge on any atom is 0.00682 e. The van der Waals surface area contributed by atoms with E-state index in [9.17, 15) is 0 Å². The molecule has 0 aromatic rings. The number of nitrogens with one attached hydrogen (secondary N) is 1. The second-order valence-corrected chi connectivity index (χ2v) is 6.01. The average molecular weight is 212 g/mol. The Balaban J connectivity index is 2.12. The van der Waals surface area contributed by atoms with Crippen molar-refractivity contribution in [1.82, 2.24) is 5.32 Å². The lowest BCUT2D eigenvalue weighted by atomic mass is 9.76. The van der Waals surface area contributed by atoms with E-state index in [1.54, 1.807) is 0 Å². The summed E-state index contributed by atoms with van der Waals surface area (Å²) in [5.74, 6) is 0.781. The highest BCUT2D eigenvalue weighted by molar-refractivity contribution is 4.81. The van der Waals surface area contributed by atoms with Gasteiger partial charge >= 0.3 is 0 Å². The number of nitrogens with two attached hydrogens (primary N) is 1. The van der Waals surface area contributed by atoms with Crippen LogP contribution < -0.4 is 11.1 Å². The Morgan fingerprint density at radius 3 is 2.40 bits per heavy atom. The van der Waals surface area contributed by atoms with Crippen molar-refractivity contribution in [2.75, 3.05) is 13.1 Å². The molecule has 2 nitrogen and oxygen atoms in total. The van der Waals surface area contributed by atoms with Crippen LogP contribution in [0.4, 0.5) is 0 Å². The fourth-order valence-corrected chi connectivity index (χ4v) is 2.15. The molecule has 0 heterocycles. The van der Waals surface area contributed by atoms with E-state index in [0.717, 1.165) is 18.5 Å². The average Bonchev–Trinajstić information content (AvgIpc) is 2.92. The van der Waals surface area contributed by atoms with Gasteiger partial charge in [0.1, 0.15) is 0 Å². The Morgan fingerprint density at radius 2 is 1.93 bits per heavy atom. The fourth-order valence-electron chi connectivity index (χ4n) is 2.15. The van der Waals surface area contributed by atoms with Crippen LogP contribution in [0.25, 0.3) is 0 Å². The van der Waals surface area contributed by atoms with E-state index in [0.29, 0.717) is 5.41 Å². The molecule has 1 rings (SSSR count). The third-order valence-electron chi connectivity index (χ3n) is 3.48. The zero-order chi connectivity index (χ0) is 11.3. The zero-order valence-electron chi connectivity index (χ0n) is 10.7. The summed E-state index contributed by atoms with van der Waals surface area (Å²) in [5.41, 5.74) is 6.09. The first-order valence-electron chi connectivity index (χ1n) is 6.47. The molecular weight excluding hydrogens is 184 g/mol. The van der Waals surface area contributed by atoms with E-state index in [-0.39, 0.29) is 0 Å². The fraction of sp³-hybridized carbons (Fsp3) is 1.00. The highest BCUT2D eigenvalue weighted by Crippen LogP contribution is 2.32. The van der Waals surface area contributed by atoms with Gasteiger partial charge in [-0.3, -0.25) is 0 Å². The minimum atomic E-state index is 0.416. The maximum absolute atomic E-state index is 5.67. The van der Waals surface area contributed by atoms with Crippen LogP contribution in [0, 0.1) is 11.3 Å². The quantitative estimate of drug-likeness (QED) is 0.636. The van der Waals surface area contributed by atoms with Gasteiger partial charge in [-0.15, -0.1) is 0 Å². The van der Waals surface area contributed by atoms with Crippen LogP contribution in [0.1, 0.15) is 52.9 Å². The van der Waals surface area contributed by atoms with Crippen molar-refractivity contribution in [1.29, 1.82) is 0 Å². The molecule has 1 fully saturated rings. The number of rotatable bonds is 7. The van der Waals surface area contributed by atoms with E-state index < -0.39 is 0 Å². The molecule has 1 saturated carbocycles. The minimum Gasteiger partial charge on any atom is -0.330 e. The largest absolute Gasteiger partial charge is 0.330 e. The Kier molecular flexibility index (Phi) is 5.07. The molecule has 0 bridgehead atoms. The second-order valence-electron chi connectivity index (χ2n) is 6.01. The smallest absolute Gasteiger partial charge is 0.00682 e. The number of hydrogen-bond acceptors (Lipinski definition) is 2. The molecule has 0 aromatic carbocycles. The van der Waals surface area contributed by atoms with Gasteiger partial charge in [0.15, 0.2) is 0 Å². The third kappa shape index (κ3) is 5.53. The molecule has 1 aliphatic carbocycles. The summed E-state index contributed by atoms with van der Waals surface area (Å²) in [5, 5.41) is 3.57. The van der Waals surface area contributed by atoms with Crippen molar-refractivity contribution < 1.29 is 0 Å². The van der Waals surface area contributed by atoms with E-state index in [2.05, 4.69) is 26.1 Å². The lowest BCUT2D eigenvalue weighted by molar-refractivity contribution is 0.210. The summed E-state index contributed by atoms with van der Waals surface area (Å²) in [6, 6.07) is 0.854. The van der Waals surface area contributed by atoms with Crippen LogP contribution in [0.3, 0.4) is 0 Å². The summed E-state index contributed by atoms with van der Waals surface area (Å²) < 4.78 is 0. The van der Waals surface area contributed by atoms with Crippen LogP contribution in [0.5, 0.6) is 0 Å². The zero-order valence-corrected chi connectivity index (χ0v) is 10.7.